The zero-order valence-corrected chi connectivity index (χ0v) is 18.5. The minimum absolute atomic E-state index is 0.291. The van der Waals surface area contributed by atoms with Crippen molar-refractivity contribution in [3.05, 3.63) is 95.8 Å². The van der Waals surface area contributed by atoms with Crippen molar-refractivity contribution in [2.75, 3.05) is 14.2 Å². The molecule has 1 heterocycles. The first-order valence-electron chi connectivity index (χ1n) is 10.3. The van der Waals surface area contributed by atoms with Crippen molar-refractivity contribution in [1.82, 2.24) is 10.4 Å². The van der Waals surface area contributed by atoms with Gasteiger partial charge in [-0.2, -0.15) is 5.10 Å². The topological polar surface area (TPSA) is 99.1 Å². The number of carbonyl (C=O) groups is 2. The van der Waals surface area contributed by atoms with E-state index < -0.39 is 5.97 Å². The van der Waals surface area contributed by atoms with Crippen molar-refractivity contribution in [1.29, 1.82) is 0 Å². The molecule has 0 aliphatic heterocycles. The van der Waals surface area contributed by atoms with Crippen LogP contribution in [0, 0.1) is 0 Å². The van der Waals surface area contributed by atoms with Gasteiger partial charge in [0, 0.05) is 23.5 Å². The normalized spacial score (nSPS) is 10.8. The molecule has 3 aromatic carbocycles. The van der Waals surface area contributed by atoms with Crippen LogP contribution in [0.5, 0.6) is 17.2 Å². The summed E-state index contributed by atoms with van der Waals surface area (Å²) in [5.74, 6) is 0.244. The van der Waals surface area contributed by atoms with Gasteiger partial charge in [-0.1, -0.05) is 30.3 Å². The van der Waals surface area contributed by atoms with Crippen LogP contribution in [0.25, 0.3) is 10.8 Å². The summed E-state index contributed by atoms with van der Waals surface area (Å²) in [5, 5.41) is 5.82. The second kappa shape index (κ2) is 10.3. The molecule has 1 N–H and O–H groups in total. The number of hydrazone groups is 1. The molecule has 4 aromatic rings. The smallest absolute Gasteiger partial charge is 0.343 e. The molecule has 0 saturated heterocycles. The fourth-order valence-electron chi connectivity index (χ4n) is 3.34. The predicted octanol–water partition coefficient (Wildman–Crippen LogP) is 4.24. The lowest BCUT2D eigenvalue weighted by atomic mass is 10.0. The van der Waals surface area contributed by atoms with Crippen LogP contribution in [-0.4, -0.2) is 37.3 Å². The number of nitrogens with zero attached hydrogens (tertiary/aromatic N) is 2. The fraction of sp³-hybridized carbons (Fsp3) is 0.0769. The van der Waals surface area contributed by atoms with E-state index in [1.54, 1.807) is 36.4 Å². The molecule has 0 unspecified atom stereocenters. The summed E-state index contributed by atoms with van der Waals surface area (Å²) in [4.78, 5) is 29.1. The highest BCUT2D eigenvalue weighted by Gasteiger charge is 2.16. The second-order valence-corrected chi connectivity index (χ2v) is 7.09. The van der Waals surface area contributed by atoms with Crippen LogP contribution in [-0.2, 0) is 0 Å². The summed E-state index contributed by atoms with van der Waals surface area (Å²) < 4.78 is 16.2. The highest BCUT2D eigenvalue weighted by Crippen LogP contribution is 2.30. The third-order valence-electron chi connectivity index (χ3n) is 5.05. The van der Waals surface area contributed by atoms with Crippen molar-refractivity contribution < 1.29 is 23.8 Å². The molecule has 8 nitrogen and oxygen atoms in total. The van der Waals surface area contributed by atoms with Crippen molar-refractivity contribution in [3.63, 3.8) is 0 Å². The molecule has 4 rings (SSSR count). The van der Waals surface area contributed by atoms with E-state index in [1.807, 2.05) is 30.3 Å². The first-order chi connectivity index (χ1) is 16.6. The Balaban J connectivity index is 1.63. The molecule has 1 aromatic heterocycles. The average molecular weight is 455 g/mol. The van der Waals surface area contributed by atoms with Crippen LogP contribution < -0.4 is 19.6 Å². The molecule has 170 valence electrons. The summed E-state index contributed by atoms with van der Waals surface area (Å²) in [6, 6.07) is 19.1. The molecule has 1 amide bonds. The van der Waals surface area contributed by atoms with Gasteiger partial charge in [0.25, 0.3) is 5.91 Å². The quantitative estimate of drug-likeness (QED) is 0.194. The molecule has 0 aliphatic rings. The van der Waals surface area contributed by atoms with E-state index >= 15 is 0 Å². The first-order valence-corrected chi connectivity index (χ1v) is 10.3. The summed E-state index contributed by atoms with van der Waals surface area (Å²) in [6.07, 6.45) is 4.50. The summed E-state index contributed by atoms with van der Waals surface area (Å²) >= 11 is 0. The molecule has 0 fully saturated rings. The minimum atomic E-state index is -0.577. The predicted molar refractivity (Wildman–Crippen MR) is 128 cm³/mol. The van der Waals surface area contributed by atoms with E-state index in [-0.39, 0.29) is 5.91 Å². The fourth-order valence-corrected chi connectivity index (χ4v) is 3.34. The van der Waals surface area contributed by atoms with Gasteiger partial charge < -0.3 is 14.2 Å². The van der Waals surface area contributed by atoms with E-state index in [0.29, 0.717) is 33.9 Å². The Kier molecular flexibility index (Phi) is 6.78. The van der Waals surface area contributed by atoms with E-state index in [0.717, 1.165) is 10.8 Å². The molecule has 0 atom stereocenters. The number of fused-ring (bicyclic) bond motifs is 1. The van der Waals surface area contributed by atoms with Crippen LogP contribution in [0.1, 0.15) is 26.3 Å². The Labute approximate surface area is 195 Å². The Bertz CT molecular complexity index is 1370. The van der Waals surface area contributed by atoms with Gasteiger partial charge in [0.05, 0.1) is 26.0 Å². The minimum Gasteiger partial charge on any atom is -0.493 e. The maximum atomic E-state index is 12.9. The Morgan fingerprint density at radius 2 is 1.59 bits per heavy atom. The standard InChI is InChI=1S/C26H21N3O5/c1-32-23-10-8-19(15-24(23)33-2)26(31)34-22-9-7-17-5-3-4-6-20(17)21(22)16-28-29-25(30)18-11-13-27-14-12-18/h3-16H,1-2H3,(H,29,30)/b28-16-. The lowest BCUT2D eigenvalue weighted by Gasteiger charge is -2.12. The Hall–Kier alpha value is -4.72. The molecular weight excluding hydrogens is 434 g/mol. The molecular formula is C26H21N3O5. The number of hydrogen-bond donors (Lipinski definition) is 1. The van der Waals surface area contributed by atoms with E-state index in [9.17, 15) is 9.59 Å². The van der Waals surface area contributed by atoms with E-state index in [4.69, 9.17) is 14.2 Å². The third-order valence-corrected chi connectivity index (χ3v) is 5.05. The second-order valence-electron chi connectivity index (χ2n) is 7.09. The molecule has 8 heteroatoms. The summed E-state index contributed by atoms with van der Waals surface area (Å²) in [5.41, 5.74) is 3.74. The van der Waals surface area contributed by atoms with Gasteiger partial charge >= 0.3 is 5.97 Å². The van der Waals surface area contributed by atoms with Gasteiger partial charge in [0.2, 0.25) is 0 Å². The first kappa shape index (κ1) is 22.5. The molecule has 34 heavy (non-hydrogen) atoms. The number of ether oxygens (including phenoxy) is 3. The average Bonchev–Trinajstić information content (AvgIpc) is 2.89. The number of amides is 1. The Morgan fingerprint density at radius 1 is 0.853 bits per heavy atom. The summed E-state index contributed by atoms with van der Waals surface area (Å²) in [6.45, 7) is 0. The van der Waals surface area contributed by atoms with Gasteiger partial charge in [-0.15, -0.1) is 0 Å². The van der Waals surface area contributed by atoms with E-state index in [2.05, 4.69) is 15.5 Å². The van der Waals surface area contributed by atoms with Crippen molar-refractivity contribution in [2.45, 2.75) is 0 Å². The zero-order valence-electron chi connectivity index (χ0n) is 18.5. The van der Waals surface area contributed by atoms with E-state index in [1.165, 1.54) is 32.8 Å². The summed E-state index contributed by atoms with van der Waals surface area (Å²) in [7, 11) is 3.01. The third kappa shape index (κ3) is 4.86. The van der Waals surface area contributed by atoms with Crippen LogP contribution in [0.4, 0.5) is 0 Å². The largest absolute Gasteiger partial charge is 0.493 e. The number of pyridine rings is 1. The molecule has 0 saturated carbocycles. The number of nitrogens with one attached hydrogen (secondary N) is 1. The number of benzene rings is 3. The number of carbonyl (C=O) groups excluding carboxylic acids is 2. The van der Waals surface area contributed by atoms with Gasteiger partial charge in [-0.3, -0.25) is 9.78 Å². The number of methoxy groups -OCH3 is 2. The lowest BCUT2D eigenvalue weighted by molar-refractivity contribution is 0.0734. The van der Waals surface area contributed by atoms with Crippen LogP contribution in [0.2, 0.25) is 0 Å². The SMILES string of the molecule is COc1ccc(C(=O)Oc2ccc3ccccc3c2/C=N\NC(=O)c2ccncc2)cc1OC. The van der Waals surface area contributed by atoms with Gasteiger partial charge in [-0.05, 0) is 47.2 Å². The molecule has 0 bridgehead atoms. The van der Waals surface area contributed by atoms with Gasteiger partial charge in [-0.25, -0.2) is 10.2 Å². The van der Waals surface area contributed by atoms with Crippen molar-refractivity contribution in [3.8, 4) is 17.2 Å². The molecule has 0 radical (unpaired) electrons. The Morgan fingerprint density at radius 3 is 2.35 bits per heavy atom. The maximum Gasteiger partial charge on any atom is 0.343 e. The number of hydrogen-bond acceptors (Lipinski definition) is 7. The monoisotopic (exact) mass is 455 g/mol. The van der Waals surface area contributed by atoms with Crippen LogP contribution in [0.3, 0.4) is 0 Å². The number of aromatic nitrogens is 1. The van der Waals surface area contributed by atoms with Gasteiger partial charge in [0.15, 0.2) is 11.5 Å². The molecule has 0 spiro atoms. The number of esters is 1. The highest BCUT2D eigenvalue weighted by atomic mass is 16.5. The maximum absolute atomic E-state index is 12.9. The lowest BCUT2D eigenvalue weighted by Crippen LogP contribution is -2.17. The van der Waals surface area contributed by atoms with Crippen molar-refractivity contribution >= 4 is 28.9 Å². The van der Waals surface area contributed by atoms with Gasteiger partial charge in [0.1, 0.15) is 5.75 Å². The van der Waals surface area contributed by atoms with Crippen LogP contribution in [0.15, 0.2) is 84.2 Å². The zero-order chi connectivity index (χ0) is 23.9. The highest BCUT2D eigenvalue weighted by molar-refractivity contribution is 6.04. The van der Waals surface area contributed by atoms with Crippen LogP contribution >= 0.6 is 0 Å². The molecule has 0 aliphatic carbocycles. The van der Waals surface area contributed by atoms with Crippen molar-refractivity contribution in [2.24, 2.45) is 5.10 Å². The number of rotatable bonds is 7.